The fourth-order valence-corrected chi connectivity index (χ4v) is 1.67. The number of carboxylic acids is 1. The molecule has 1 fully saturated rings. The molecule has 1 aliphatic carbocycles. The molecule has 5 nitrogen and oxygen atoms in total. The number of nitrogens with one attached hydrogen (secondary N) is 2. The molecular formula is C11H20N2O3. The summed E-state index contributed by atoms with van der Waals surface area (Å²) in [7, 11) is 0. The molecule has 2 amide bonds. The molecule has 0 aromatic rings. The van der Waals surface area contributed by atoms with Crippen molar-refractivity contribution in [2.24, 2.45) is 5.92 Å². The van der Waals surface area contributed by atoms with E-state index in [1.54, 1.807) is 0 Å². The Bertz CT molecular complexity index is 264. The molecule has 0 radical (unpaired) electrons. The maximum Gasteiger partial charge on any atom is 0.326 e. The molecule has 16 heavy (non-hydrogen) atoms. The first-order chi connectivity index (χ1) is 7.54. The quantitative estimate of drug-likeness (QED) is 0.642. The molecule has 0 bridgehead atoms. The van der Waals surface area contributed by atoms with Gasteiger partial charge in [0.1, 0.15) is 6.04 Å². The summed E-state index contributed by atoms with van der Waals surface area (Å²) in [6, 6.07) is -1.02. The Kier molecular flexibility index (Phi) is 4.58. The normalized spacial score (nSPS) is 18.6. The first-order valence-corrected chi connectivity index (χ1v) is 5.84. The zero-order valence-electron chi connectivity index (χ0n) is 9.82. The Balaban J connectivity index is 2.32. The maximum absolute atomic E-state index is 11.5. The summed E-state index contributed by atoms with van der Waals surface area (Å²) in [4.78, 5) is 22.3. The average Bonchev–Trinajstić information content (AvgIpc) is 2.99. The van der Waals surface area contributed by atoms with Gasteiger partial charge >= 0.3 is 12.0 Å². The van der Waals surface area contributed by atoms with Crippen LogP contribution in [0, 0.1) is 5.92 Å². The van der Waals surface area contributed by atoms with E-state index in [1.807, 2.05) is 13.8 Å². The highest BCUT2D eigenvalue weighted by Crippen LogP contribution is 2.32. The lowest BCUT2D eigenvalue weighted by Gasteiger charge is -2.17. The van der Waals surface area contributed by atoms with Crippen molar-refractivity contribution < 1.29 is 14.7 Å². The van der Waals surface area contributed by atoms with Crippen molar-refractivity contribution in [1.82, 2.24) is 10.6 Å². The second-order valence-electron chi connectivity index (χ2n) is 4.42. The molecule has 2 atom stereocenters. The lowest BCUT2D eigenvalue weighted by atomic mass is 10.2. The van der Waals surface area contributed by atoms with Crippen molar-refractivity contribution in [2.45, 2.75) is 51.6 Å². The predicted molar refractivity (Wildman–Crippen MR) is 60.2 cm³/mol. The van der Waals surface area contributed by atoms with Gasteiger partial charge < -0.3 is 15.7 Å². The van der Waals surface area contributed by atoms with E-state index < -0.39 is 12.0 Å². The number of carbonyl (C=O) groups is 2. The summed E-state index contributed by atoms with van der Waals surface area (Å²) in [6.45, 7) is 3.84. The first-order valence-electron chi connectivity index (χ1n) is 5.84. The van der Waals surface area contributed by atoms with Crippen LogP contribution in [0.15, 0.2) is 0 Å². The van der Waals surface area contributed by atoms with Crippen LogP contribution < -0.4 is 10.6 Å². The fraction of sp³-hybridized carbons (Fsp3) is 0.818. The van der Waals surface area contributed by atoms with Gasteiger partial charge in [-0.2, -0.15) is 0 Å². The fourth-order valence-electron chi connectivity index (χ4n) is 1.67. The summed E-state index contributed by atoms with van der Waals surface area (Å²) >= 11 is 0. The molecule has 5 heteroatoms. The topological polar surface area (TPSA) is 78.4 Å². The molecule has 0 heterocycles. The largest absolute Gasteiger partial charge is 0.480 e. The molecule has 92 valence electrons. The highest BCUT2D eigenvalue weighted by Gasteiger charge is 2.29. The van der Waals surface area contributed by atoms with E-state index in [0.29, 0.717) is 12.3 Å². The Hall–Kier alpha value is -1.26. The minimum Gasteiger partial charge on any atom is -0.480 e. The Morgan fingerprint density at radius 1 is 1.38 bits per heavy atom. The third-order valence-electron chi connectivity index (χ3n) is 2.87. The number of rotatable bonds is 6. The van der Waals surface area contributed by atoms with Crippen molar-refractivity contribution in [2.75, 3.05) is 0 Å². The van der Waals surface area contributed by atoms with Crippen LogP contribution in [0.25, 0.3) is 0 Å². The third kappa shape index (κ3) is 4.08. The number of amides is 2. The smallest absolute Gasteiger partial charge is 0.326 e. The number of hydrogen-bond donors (Lipinski definition) is 3. The van der Waals surface area contributed by atoms with Gasteiger partial charge in [-0.05, 0) is 32.1 Å². The van der Waals surface area contributed by atoms with Crippen LogP contribution in [0.1, 0.15) is 39.5 Å². The predicted octanol–water partition coefficient (Wildman–Crippen LogP) is 1.34. The van der Waals surface area contributed by atoms with Crippen molar-refractivity contribution in [1.29, 1.82) is 0 Å². The van der Waals surface area contributed by atoms with E-state index in [4.69, 9.17) is 5.11 Å². The van der Waals surface area contributed by atoms with Gasteiger partial charge in [0.15, 0.2) is 0 Å². The van der Waals surface area contributed by atoms with Crippen molar-refractivity contribution >= 4 is 12.0 Å². The van der Waals surface area contributed by atoms with Crippen molar-refractivity contribution in [3.8, 4) is 0 Å². The van der Waals surface area contributed by atoms with E-state index in [9.17, 15) is 9.59 Å². The summed E-state index contributed by atoms with van der Waals surface area (Å²) in [5.74, 6) is -0.406. The van der Waals surface area contributed by atoms with Crippen LogP contribution in [-0.2, 0) is 4.79 Å². The van der Waals surface area contributed by atoms with Gasteiger partial charge in [0, 0.05) is 6.04 Å². The van der Waals surface area contributed by atoms with E-state index in [2.05, 4.69) is 10.6 Å². The van der Waals surface area contributed by atoms with Crippen LogP contribution in [-0.4, -0.2) is 29.2 Å². The van der Waals surface area contributed by atoms with Gasteiger partial charge in [-0.15, -0.1) is 0 Å². The number of carbonyl (C=O) groups excluding carboxylic acids is 1. The monoisotopic (exact) mass is 228 g/mol. The first kappa shape index (κ1) is 12.8. The molecule has 1 aliphatic rings. The molecular weight excluding hydrogens is 208 g/mol. The molecule has 1 saturated carbocycles. The van der Waals surface area contributed by atoms with E-state index in [-0.39, 0.29) is 12.1 Å². The van der Waals surface area contributed by atoms with Crippen LogP contribution in [0.4, 0.5) is 4.79 Å². The van der Waals surface area contributed by atoms with Gasteiger partial charge in [0.2, 0.25) is 0 Å². The minimum atomic E-state index is -0.976. The van der Waals surface area contributed by atoms with Crippen LogP contribution in [0.3, 0.4) is 0 Å². The third-order valence-corrected chi connectivity index (χ3v) is 2.87. The zero-order valence-corrected chi connectivity index (χ0v) is 9.82. The summed E-state index contributed by atoms with van der Waals surface area (Å²) in [6.07, 6.45) is 3.49. The SMILES string of the molecule is CCC[C@H](NC(=O)NC(C)C1CC1)C(=O)O. The van der Waals surface area contributed by atoms with E-state index >= 15 is 0 Å². The van der Waals surface area contributed by atoms with Gasteiger partial charge in [0.05, 0.1) is 0 Å². The van der Waals surface area contributed by atoms with Crippen LogP contribution >= 0.6 is 0 Å². The average molecular weight is 228 g/mol. The maximum atomic E-state index is 11.5. The van der Waals surface area contributed by atoms with Gasteiger partial charge in [0.25, 0.3) is 0 Å². The number of hydrogen-bond acceptors (Lipinski definition) is 2. The lowest BCUT2D eigenvalue weighted by Crippen LogP contribution is -2.48. The molecule has 1 rings (SSSR count). The van der Waals surface area contributed by atoms with E-state index in [0.717, 1.165) is 19.3 Å². The molecule has 0 aliphatic heterocycles. The molecule has 0 spiro atoms. The summed E-state index contributed by atoms with van der Waals surface area (Å²) in [5, 5.41) is 14.1. The van der Waals surface area contributed by atoms with Crippen LogP contribution in [0.2, 0.25) is 0 Å². The number of urea groups is 1. The Morgan fingerprint density at radius 3 is 2.44 bits per heavy atom. The summed E-state index contributed by atoms with van der Waals surface area (Å²) in [5.41, 5.74) is 0. The highest BCUT2D eigenvalue weighted by atomic mass is 16.4. The lowest BCUT2D eigenvalue weighted by molar-refractivity contribution is -0.139. The molecule has 0 aromatic carbocycles. The Morgan fingerprint density at radius 2 is 2.00 bits per heavy atom. The zero-order chi connectivity index (χ0) is 12.1. The second-order valence-corrected chi connectivity index (χ2v) is 4.42. The standard InChI is InChI=1S/C11H20N2O3/c1-3-4-9(10(14)15)13-11(16)12-7(2)8-5-6-8/h7-9H,3-6H2,1-2H3,(H,14,15)(H2,12,13,16)/t7?,9-/m0/s1. The van der Waals surface area contributed by atoms with Gasteiger partial charge in [-0.3, -0.25) is 0 Å². The number of carboxylic acid groups (broad SMARTS) is 1. The Labute approximate surface area is 95.6 Å². The van der Waals surface area contributed by atoms with E-state index in [1.165, 1.54) is 0 Å². The van der Waals surface area contributed by atoms with Crippen LogP contribution in [0.5, 0.6) is 0 Å². The van der Waals surface area contributed by atoms with Crippen molar-refractivity contribution in [3.05, 3.63) is 0 Å². The summed E-state index contributed by atoms with van der Waals surface area (Å²) < 4.78 is 0. The number of aliphatic carboxylic acids is 1. The van der Waals surface area contributed by atoms with Gasteiger partial charge in [-0.1, -0.05) is 13.3 Å². The molecule has 0 aromatic heterocycles. The molecule has 3 N–H and O–H groups in total. The van der Waals surface area contributed by atoms with Gasteiger partial charge in [-0.25, -0.2) is 9.59 Å². The highest BCUT2D eigenvalue weighted by molar-refractivity contribution is 5.82. The minimum absolute atomic E-state index is 0.135. The molecule has 1 unspecified atom stereocenters. The second kappa shape index (κ2) is 5.72. The molecule has 0 saturated heterocycles. The van der Waals surface area contributed by atoms with Crippen molar-refractivity contribution in [3.63, 3.8) is 0 Å².